The van der Waals surface area contributed by atoms with Gasteiger partial charge in [-0.3, -0.25) is 9.59 Å². The van der Waals surface area contributed by atoms with Crippen LogP contribution in [0.4, 0.5) is 5.69 Å². The molecule has 1 aromatic carbocycles. The maximum absolute atomic E-state index is 12.7. The lowest BCUT2D eigenvalue weighted by Gasteiger charge is -2.22. The Bertz CT molecular complexity index is 876. The Labute approximate surface area is 154 Å². The average molecular weight is 374 g/mol. The number of carbonyl (C=O) groups is 3. The van der Waals surface area contributed by atoms with Gasteiger partial charge in [0.1, 0.15) is 12.3 Å². The number of aromatic carboxylic acids is 1. The van der Waals surface area contributed by atoms with Gasteiger partial charge in [0.25, 0.3) is 5.91 Å². The van der Waals surface area contributed by atoms with Gasteiger partial charge in [-0.05, 0) is 25.5 Å². The molecule has 2 amide bonds. The van der Waals surface area contributed by atoms with Crippen LogP contribution in [0.5, 0.6) is 0 Å². The average Bonchev–Trinajstić information content (AvgIpc) is 3.26. The quantitative estimate of drug-likeness (QED) is 0.854. The van der Waals surface area contributed by atoms with Crippen molar-refractivity contribution in [2.45, 2.75) is 19.9 Å². The van der Waals surface area contributed by atoms with Crippen LogP contribution in [0.15, 0.2) is 34.9 Å². The van der Waals surface area contributed by atoms with Gasteiger partial charge in [-0.1, -0.05) is 17.7 Å². The predicted molar refractivity (Wildman–Crippen MR) is 97.5 cm³/mol. The molecule has 0 saturated carbocycles. The van der Waals surface area contributed by atoms with Crippen molar-refractivity contribution in [2.75, 3.05) is 16.9 Å². The van der Waals surface area contributed by atoms with E-state index in [1.54, 1.807) is 0 Å². The number of hydrogen-bond acceptors (Lipinski definition) is 5. The topological polar surface area (TPSA) is 99.9 Å². The number of anilines is 1. The standard InChI is InChI=1S/C18H18N2O5S/c1-10-3-4-13(11(2)5-10)19-16(21)14-8-26-9-20(14)17(22)15-6-12(7-25-15)18(23)24/h3-7,14H,8-9H2,1-2H3,(H,19,21)(H,23,24). The summed E-state index contributed by atoms with van der Waals surface area (Å²) in [5, 5.41) is 11.8. The molecule has 0 bridgehead atoms. The van der Waals surface area contributed by atoms with Crippen LogP contribution in [0, 0.1) is 13.8 Å². The molecule has 2 aromatic rings. The molecule has 0 radical (unpaired) electrons. The summed E-state index contributed by atoms with van der Waals surface area (Å²) >= 11 is 1.46. The van der Waals surface area contributed by atoms with Crippen molar-refractivity contribution in [1.82, 2.24) is 4.90 Å². The highest BCUT2D eigenvalue weighted by molar-refractivity contribution is 7.99. The van der Waals surface area contributed by atoms with Crippen LogP contribution < -0.4 is 5.32 Å². The monoisotopic (exact) mass is 374 g/mol. The molecule has 0 aliphatic carbocycles. The first-order valence-corrected chi connectivity index (χ1v) is 9.11. The maximum Gasteiger partial charge on any atom is 0.338 e. The van der Waals surface area contributed by atoms with Crippen LogP contribution in [0.1, 0.15) is 32.0 Å². The zero-order valence-corrected chi connectivity index (χ0v) is 15.1. The highest BCUT2D eigenvalue weighted by Gasteiger charge is 2.36. The van der Waals surface area contributed by atoms with Gasteiger partial charge in [0.15, 0.2) is 5.76 Å². The number of rotatable bonds is 4. The number of nitrogens with zero attached hydrogens (tertiary/aromatic N) is 1. The molecule has 0 spiro atoms. The Morgan fingerprint density at radius 1 is 1.27 bits per heavy atom. The highest BCUT2D eigenvalue weighted by Crippen LogP contribution is 2.26. The van der Waals surface area contributed by atoms with E-state index < -0.39 is 17.9 Å². The Morgan fingerprint density at radius 2 is 2.04 bits per heavy atom. The summed E-state index contributed by atoms with van der Waals surface area (Å²) < 4.78 is 5.07. The fourth-order valence-corrected chi connectivity index (χ4v) is 3.89. The number of carbonyl (C=O) groups excluding carboxylic acids is 2. The fraction of sp³-hybridized carbons (Fsp3) is 0.278. The smallest absolute Gasteiger partial charge is 0.338 e. The Morgan fingerprint density at radius 3 is 2.69 bits per heavy atom. The largest absolute Gasteiger partial charge is 0.478 e. The van der Waals surface area contributed by atoms with Gasteiger partial charge in [-0.15, -0.1) is 11.8 Å². The summed E-state index contributed by atoms with van der Waals surface area (Å²) in [4.78, 5) is 37.6. The lowest BCUT2D eigenvalue weighted by Crippen LogP contribution is -2.44. The minimum absolute atomic E-state index is 0.0887. The van der Waals surface area contributed by atoms with Crippen molar-refractivity contribution in [2.24, 2.45) is 0 Å². The van der Waals surface area contributed by atoms with E-state index >= 15 is 0 Å². The normalized spacial score (nSPS) is 16.5. The second-order valence-electron chi connectivity index (χ2n) is 6.10. The van der Waals surface area contributed by atoms with E-state index in [2.05, 4.69) is 5.32 Å². The predicted octanol–water partition coefficient (Wildman–Crippen LogP) is 2.75. The van der Waals surface area contributed by atoms with Gasteiger partial charge in [-0.2, -0.15) is 0 Å². The molecule has 1 unspecified atom stereocenters. The number of carboxylic acid groups (broad SMARTS) is 1. The van der Waals surface area contributed by atoms with Gasteiger partial charge in [0.2, 0.25) is 5.91 Å². The SMILES string of the molecule is Cc1ccc(NC(=O)C2CSCN2C(=O)c2cc(C(=O)O)co2)c(C)c1. The van der Waals surface area contributed by atoms with Crippen LogP contribution in [-0.2, 0) is 4.79 Å². The molecular formula is C18H18N2O5S. The fourth-order valence-electron chi connectivity index (χ4n) is 2.73. The van der Waals surface area contributed by atoms with E-state index in [0.29, 0.717) is 17.3 Å². The van der Waals surface area contributed by atoms with Crippen LogP contribution in [0.25, 0.3) is 0 Å². The third-order valence-electron chi connectivity index (χ3n) is 4.14. The zero-order valence-electron chi connectivity index (χ0n) is 14.3. The summed E-state index contributed by atoms with van der Waals surface area (Å²) in [5.41, 5.74) is 2.65. The Balaban J connectivity index is 1.75. The molecule has 7 nitrogen and oxygen atoms in total. The van der Waals surface area contributed by atoms with Crippen molar-refractivity contribution in [3.8, 4) is 0 Å². The van der Waals surface area contributed by atoms with E-state index in [4.69, 9.17) is 9.52 Å². The van der Waals surface area contributed by atoms with E-state index in [-0.39, 0.29) is 17.2 Å². The molecule has 1 saturated heterocycles. The van der Waals surface area contributed by atoms with Gasteiger partial charge in [0, 0.05) is 17.5 Å². The third kappa shape index (κ3) is 3.60. The minimum Gasteiger partial charge on any atom is -0.478 e. The van der Waals surface area contributed by atoms with E-state index in [9.17, 15) is 14.4 Å². The molecule has 1 aromatic heterocycles. The number of carboxylic acids is 1. The molecule has 1 aliphatic rings. The molecule has 1 aliphatic heterocycles. The number of furan rings is 1. The van der Waals surface area contributed by atoms with E-state index in [1.807, 2.05) is 32.0 Å². The van der Waals surface area contributed by atoms with Crippen molar-refractivity contribution in [3.63, 3.8) is 0 Å². The third-order valence-corrected chi connectivity index (χ3v) is 5.15. The summed E-state index contributed by atoms with van der Waals surface area (Å²) in [6, 6.07) is 6.24. The number of amides is 2. The molecule has 2 N–H and O–H groups in total. The lowest BCUT2D eigenvalue weighted by atomic mass is 10.1. The Kier molecular flexibility index (Phi) is 5.03. The van der Waals surface area contributed by atoms with Gasteiger partial charge in [-0.25, -0.2) is 4.79 Å². The van der Waals surface area contributed by atoms with Crippen LogP contribution >= 0.6 is 11.8 Å². The van der Waals surface area contributed by atoms with Gasteiger partial charge in [0.05, 0.1) is 11.4 Å². The first-order chi connectivity index (χ1) is 12.4. The second kappa shape index (κ2) is 7.25. The van der Waals surface area contributed by atoms with Crippen LogP contribution in [-0.4, -0.2) is 45.5 Å². The van der Waals surface area contributed by atoms with Crippen LogP contribution in [0.3, 0.4) is 0 Å². The number of benzene rings is 1. The summed E-state index contributed by atoms with van der Waals surface area (Å²) in [6.45, 7) is 3.88. The number of thioether (sulfide) groups is 1. The molecule has 26 heavy (non-hydrogen) atoms. The van der Waals surface area contributed by atoms with Crippen molar-refractivity contribution in [3.05, 3.63) is 53.0 Å². The molecule has 3 rings (SSSR count). The number of aryl methyl sites for hydroxylation is 2. The molecule has 1 fully saturated rings. The van der Waals surface area contributed by atoms with Gasteiger partial charge < -0.3 is 19.7 Å². The van der Waals surface area contributed by atoms with Gasteiger partial charge >= 0.3 is 5.97 Å². The van der Waals surface area contributed by atoms with E-state index in [1.165, 1.54) is 22.7 Å². The van der Waals surface area contributed by atoms with Crippen LogP contribution in [0.2, 0.25) is 0 Å². The first kappa shape index (κ1) is 18.1. The Hall–Kier alpha value is -2.74. The number of nitrogens with one attached hydrogen (secondary N) is 1. The molecule has 2 heterocycles. The highest BCUT2D eigenvalue weighted by atomic mass is 32.2. The van der Waals surface area contributed by atoms with Crippen molar-refractivity contribution in [1.29, 1.82) is 0 Å². The molecular weight excluding hydrogens is 356 g/mol. The summed E-state index contributed by atoms with van der Waals surface area (Å²) in [6.07, 6.45) is 1.02. The minimum atomic E-state index is -1.17. The molecule has 136 valence electrons. The first-order valence-electron chi connectivity index (χ1n) is 7.95. The summed E-state index contributed by atoms with van der Waals surface area (Å²) in [5.74, 6) is -1.23. The number of hydrogen-bond donors (Lipinski definition) is 2. The van der Waals surface area contributed by atoms with Crippen molar-refractivity contribution >= 4 is 35.2 Å². The summed E-state index contributed by atoms with van der Waals surface area (Å²) in [7, 11) is 0. The second-order valence-corrected chi connectivity index (χ2v) is 7.10. The zero-order chi connectivity index (χ0) is 18.8. The lowest BCUT2D eigenvalue weighted by molar-refractivity contribution is -0.119. The molecule has 1 atom stereocenters. The maximum atomic E-state index is 12.7. The van der Waals surface area contributed by atoms with E-state index in [0.717, 1.165) is 17.4 Å². The molecule has 8 heteroatoms. The van der Waals surface area contributed by atoms with Crippen molar-refractivity contribution < 1.29 is 23.9 Å².